The molecule has 1 aliphatic carbocycles. The number of hydrogen-bond donors (Lipinski definition) is 0. The maximum absolute atomic E-state index is 6.38. The van der Waals surface area contributed by atoms with E-state index in [2.05, 4.69) is 55.9 Å². The summed E-state index contributed by atoms with van der Waals surface area (Å²) >= 11 is 3.63. The summed E-state index contributed by atoms with van der Waals surface area (Å²) in [5.41, 5.74) is 0. The molecule has 0 aromatic rings. The van der Waals surface area contributed by atoms with Gasteiger partial charge in [0.15, 0.2) is 8.32 Å². The molecule has 0 bridgehead atoms. The maximum Gasteiger partial charge on any atom is 0.192 e. The van der Waals surface area contributed by atoms with Crippen LogP contribution in [-0.4, -0.2) is 14.4 Å². The lowest BCUT2D eigenvalue weighted by molar-refractivity contribution is 0.204. The summed E-state index contributed by atoms with van der Waals surface area (Å²) in [5.74, 6) is 0. The van der Waals surface area contributed by atoms with E-state index in [0.717, 1.165) is 0 Å². The molecule has 0 amide bonds. The van der Waals surface area contributed by atoms with Gasteiger partial charge in [-0.2, -0.15) is 0 Å². The minimum atomic E-state index is -1.60. The Kier molecular flexibility index (Phi) is 4.24. The maximum atomic E-state index is 6.38. The first-order chi connectivity index (χ1) is 6.74. The van der Waals surface area contributed by atoms with Crippen LogP contribution in [0.15, 0.2) is 10.6 Å². The van der Waals surface area contributed by atoms with E-state index in [4.69, 9.17) is 4.43 Å². The Labute approximate surface area is 104 Å². The average Bonchev–Trinajstić information content (AvgIpc) is 2.06. The van der Waals surface area contributed by atoms with E-state index in [1.807, 2.05) is 0 Å². The smallest absolute Gasteiger partial charge is 0.192 e. The second-order valence-corrected chi connectivity index (χ2v) is 11.6. The lowest BCUT2D eigenvalue weighted by Gasteiger charge is -2.40. The molecule has 15 heavy (non-hydrogen) atoms. The van der Waals surface area contributed by atoms with Crippen LogP contribution >= 0.6 is 15.9 Å². The second kappa shape index (κ2) is 4.72. The van der Waals surface area contributed by atoms with E-state index in [0.29, 0.717) is 11.1 Å². The van der Waals surface area contributed by atoms with Crippen LogP contribution in [0.4, 0.5) is 0 Å². The van der Waals surface area contributed by atoms with Gasteiger partial charge in [-0.15, -0.1) is 0 Å². The number of halogens is 1. The minimum Gasteiger partial charge on any atom is -0.409 e. The van der Waals surface area contributed by atoms with Crippen molar-refractivity contribution in [1.29, 1.82) is 0 Å². The zero-order chi connectivity index (χ0) is 11.7. The van der Waals surface area contributed by atoms with Gasteiger partial charge < -0.3 is 4.43 Å². The third kappa shape index (κ3) is 3.43. The molecular weight excluding hydrogens is 268 g/mol. The van der Waals surface area contributed by atoms with Crippen LogP contribution in [0, 0.1) is 0 Å². The van der Waals surface area contributed by atoms with Crippen molar-refractivity contribution in [2.75, 3.05) is 0 Å². The molecule has 0 N–H and O–H groups in total. The molecule has 0 aliphatic heterocycles. The van der Waals surface area contributed by atoms with Crippen LogP contribution in [0.25, 0.3) is 0 Å². The number of allylic oxidation sites excluding steroid dienone is 1. The van der Waals surface area contributed by atoms with Crippen LogP contribution in [0.3, 0.4) is 0 Å². The van der Waals surface area contributed by atoms with Crippen LogP contribution < -0.4 is 0 Å². The summed E-state index contributed by atoms with van der Waals surface area (Å²) in [6.45, 7) is 11.5. The highest BCUT2D eigenvalue weighted by Crippen LogP contribution is 2.40. The van der Waals surface area contributed by atoms with E-state index in [1.165, 1.54) is 23.7 Å². The van der Waals surface area contributed by atoms with Gasteiger partial charge in [-0.3, -0.25) is 0 Å². The first kappa shape index (κ1) is 13.5. The van der Waals surface area contributed by atoms with Crippen molar-refractivity contribution in [3.8, 4) is 0 Å². The molecular formula is C12H23BrOSi. The molecule has 0 spiro atoms. The average molecular weight is 291 g/mol. The van der Waals surface area contributed by atoms with E-state index < -0.39 is 8.32 Å². The van der Waals surface area contributed by atoms with Gasteiger partial charge in [-0.1, -0.05) is 42.8 Å². The highest BCUT2D eigenvalue weighted by Gasteiger charge is 2.39. The Hall–Kier alpha value is 0.397. The fraction of sp³-hybridized carbons (Fsp3) is 0.833. The third-order valence-electron chi connectivity index (χ3n) is 3.56. The highest BCUT2D eigenvalue weighted by molar-refractivity contribution is 9.11. The molecule has 0 unspecified atom stereocenters. The zero-order valence-electron chi connectivity index (χ0n) is 10.6. The fourth-order valence-corrected chi connectivity index (χ4v) is 3.49. The van der Waals surface area contributed by atoms with Crippen molar-refractivity contribution in [2.45, 2.75) is 64.3 Å². The normalized spacial score (nSPS) is 23.9. The van der Waals surface area contributed by atoms with Gasteiger partial charge in [-0.25, -0.2) is 0 Å². The molecule has 1 aliphatic rings. The molecule has 1 nitrogen and oxygen atoms in total. The molecule has 1 rings (SSSR count). The molecule has 88 valence electrons. The highest BCUT2D eigenvalue weighted by atomic mass is 79.9. The quantitative estimate of drug-likeness (QED) is 0.661. The summed E-state index contributed by atoms with van der Waals surface area (Å²) in [6.07, 6.45) is 6.21. The monoisotopic (exact) mass is 290 g/mol. The first-order valence-corrected chi connectivity index (χ1v) is 9.47. The molecule has 0 saturated carbocycles. The van der Waals surface area contributed by atoms with Crippen molar-refractivity contribution in [3.05, 3.63) is 10.6 Å². The van der Waals surface area contributed by atoms with Crippen LogP contribution in [0.5, 0.6) is 0 Å². The summed E-state index contributed by atoms with van der Waals surface area (Å²) in [6, 6.07) is 0. The zero-order valence-corrected chi connectivity index (χ0v) is 13.1. The summed E-state index contributed by atoms with van der Waals surface area (Å²) in [4.78, 5) is 0. The molecule has 0 radical (unpaired) electrons. The van der Waals surface area contributed by atoms with E-state index in [1.54, 1.807) is 0 Å². The topological polar surface area (TPSA) is 9.23 Å². The van der Waals surface area contributed by atoms with Crippen LogP contribution in [0.2, 0.25) is 18.1 Å². The van der Waals surface area contributed by atoms with Crippen LogP contribution in [-0.2, 0) is 4.43 Å². The Balaban J connectivity index is 2.69. The predicted octanol–water partition coefficient (Wildman–Crippen LogP) is 4.84. The molecule has 0 saturated heterocycles. The largest absolute Gasteiger partial charge is 0.409 e. The standard InChI is InChI=1S/C12H23BrOSi/c1-12(2,3)15(4,5)14-11-9-7-6-8-10(11)13/h8,11H,6-7,9H2,1-5H3/t11-/m1/s1. The second-order valence-electron chi connectivity index (χ2n) is 5.89. The molecule has 1 atom stereocenters. The lowest BCUT2D eigenvalue weighted by atomic mass is 10.1. The summed E-state index contributed by atoms with van der Waals surface area (Å²) in [7, 11) is -1.60. The third-order valence-corrected chi connectivity index (χ3v) is 8.88. The molecule has 0 aromatic carbocycles. The van der Waals surface area contributed by atoms with E-state index in [9.17, 15) is 0 Å². The molecule has 3 heteroatoms. The number of hydrogen-bond acceptors (Lipinski definition) is 1. The lowest BCUT2D eigenvalue weighted by Crippen LogP contribution is -2.44. The summed E-state index contributed by atoms with van der Waals surface area (Å²) < 4.78 is 7.64. The Morgan fingerprint density at radius 3 is 2.47 bits per heavy atom. The SMILES string of the molecule is CC(C)(C)[Si](C)(C)O[C@@H]1CCCC=C1Br. The van der Waals surface area contributed by atoms with Crippen molar-refractivity contribution < 1.29 is 4.43 Å². The van der Waals surface area contributed by atoms with Gasteiger partial charge in [-0.05, 0) is 37.4 Å². The first-order valence-electron chi connectivity index (χ1n) is 5.77. The van der Waals surface area contributed by atoms with Gasteiger partial charge in [0, 0.05) is 4.48 Å². The van der Waals surface area contributed by atoms with Crippen molar-refractivity contribution in [3.63, 3.8) is 0 Å². The van der Waals surface area contributed by atoms with Crippen molar-refractivity contribution >= 4 is 24.2 Å². The van der Waals surface area contributed by atoms with E-state index in [-0.39, 0.29) is 0 Å². The minimum absolute atomic E-state index is 0.303. The van der Waals surface area contributed by atoms with Gasteiger partial charge in [0.25, 0.3) is 0 Å². The molecule has 0 fully saturated rings. The molecule has 0 heterocycles. The molecule has 0 aromatic heterocycles. The Morgan fingerprint density at radius 2 is 2.00 bits per heavy atom. The van der Waals surface area contributed by atoms with Crippen LogP contribution in [0.1, 0.15) is 40.0 Å². The fourth-order valence-electron chi connectivity index (χ4n) is 1.46. The van der Waals surface area contributed by atoms with Crippen molar-refractivity contribution in [1.82, 2.24) is 0 Å². The van der Waals surface area contributed by atoms with E-state index >= 15 is 0 Å². The van der Waals surface area contributed by atoms with Crippen molar-refractivity contribution in [2.24, 2.45) is 0 Å². The Bertz CT molecular complexity index is 253. The summed E-state index contributed by atoms with van der Waals surface area (Å²) in [5, 5.41) is 0.303. The van der Waals surface area contributed by atoms with Gasteiger partial charge in [0.2, 0.25) is 0 Å². The predicted molar refractivity (Wildman–Crippen MR) is 72.9 cm³/mol. The number of rotatable bonds is 2. The van der Waals surface area contributed by atoms with Gasteiger partial charge >= 0.3 is 0 Å². The van der Waals surface area contributed by atoms with Gasteiger partial charge in [0.05, 0.1) is 6.10 Å². The Morgan fingerprint density at radius 1 is 1.40 bits per heavy atom. The van der Waals surface area contributed by atoms with Gasteiger partial charge in [0.1, 0.15) is 0 Å².